The lowest BCUT2D eigenvalue weighted by Gasteiger charge is -2.10. The Morgan fingerprint density at radius 3 is 2.88 bits per heavy atom. The molecule has 0 fully saturated rings. The highest BCUT2D eigenvalue weighted by molar-refractivity contribution is 7.07. The fourth-order valence-electron chi connectivity index (χ4n) is 1.50. The van der Waals surface area contributed by atoms with Crippen molar-refractivity contribution in [2.24, 2.45) is 0 Å². The molecule has 0 saturated carbocycles. The lowest BCUT2D eigenvalue weighted by molar-refractivity contribution is 0.179. The van der Waals surface area contributed by atoms with Crippen molar-refractivity contribution in [3.8, 4) is 0 Å². The van der Waals surface area contributed by atoms with Crippen LogP contribution in [0.4, 0.5) is 4.39 Å². The minimum absolute atomic E-state index is 0.0942. The summed E-state index contributed by atoms with van der Waals surface area (Å²) in [4.78, 5) is 0. The van der Waals surface area contributed by atoms with Gasteiger partial charge in [0.2, 0.25) is 0 Å². The number of hydrogen-bond donors (Lipinski definition) is 1. The molecule has 16 heavy (non-hydrogen) atoms. The van der Waals surface area contributed by atoms with E-state index < -0.39 is 11.9 Å². The Morgan fingerprint density at radius 2 is 2.19 bits per heavy atom. The monoisotopic (exact) mass is 256 g/mol. The summed E-state index contributed by atoms with van der Waals surface area (Å²) in [6.07, 6.45) is -0.307. The summed E-state index contributed by atoms with van der Waals surface area (Å²) in [5, 5.41) is 13.8. The zero-order valence-electron chi connectivity index (χ0n) is 8.36. The number of halogens is 2. The summed E-state index contributed by atoms with van der Waals surface area (Å²) >= 11 is 7.33. The molecule has 1 nitrogen and oxygen atoms in total. The first-order chi connectivity index (χ1) is 7.68. The van der Waals surface area contributed by atoms with E-state index in [2.05, 4.69) is 0 Å². The average Bonchev–Trinajstić information content (AvgIpc) is 2.78. The van der Waals surface area contributed by atoms with Gasteiger partial charge in [-0.2, -0.15) is 11.3 Å². The Kier molecular flexibility index (Phi) is 3.59. The maximum absolute atomic E-state index is 13.2. The normalized spacial score (nSPS) is 12.7. The molecule has 2 aromatic rings. The second-order valence-electron chi connectivity index (χ2n) is 3.49. The molecule has 2 rings (SSSR count). The van der Waals surface area contributed by atoms with Crippen LogP contribution in [-0.2, 0) is 6.42 Å². The Morgan fingerprint density at radius 1 is 1.38 bits per heavy atom. The van der Waals surface area contributed by atoms with Crippen molar-refractivity contribution < 1.29 is 9.50 Å². The first-order valence-electron chi connectivity index (χ1n) is 4.81. The molecule has 84 valence electrons. The van der Waals surface area contributed by atoms with Gasteiger partial charge in [0.05, 0.1) is 11.1 Å². The fraction of sp³-hybridized carbons (Fsp3) is 0.167. The van der Waals surface area contributed by atoms with Crippen LogP contribution in [0, 0.1) is 5.82 Å². The van der Waals surface area contributed by atoms with Crippen molar-refractivity contribution in [3.05, 3.63) is 57.0 Å². The molecule has 0 amide bonds. The van der Waals surface area contributed by atoms with Gasteiger partial charge in [0.1, 0.15) is 5.82 Å². The van der Waals surface area contributed by atoms with Crippen LogP contribution in [0.5, 0.6) is 0 Å². The quantitative estimate of drug-likeness (QED) is 0.885. The third-order valence-electron chi connectivity index (χ3n) is 2.37. The third-order valence-corrected chi connectivity index (χ3v) is 3.50. The van der Waals surface area contributed by atoms with E-state index in [0.29, 0.717) is 12.0 Å². The van der Waals surface area contributed by atoms with Crippen LogP contribution in [0.1, 0.15) is 17.2 Å². The molecule has 1 unspecified atom stereocenters. The van der Waals surface area contributed by atoms with Gasteiger partial charge in [-0.05, 0) is 34.0 Å². The summed E-state index contributed by atoms with van der Waals surface area (Å²) < 4.78 is 13.2. The Balaban J connectivity index is 2.18. The smallest absolute Gasteiger partial charge is 0.142 e. The number of aliphatic hydroxyl groups excluding tert-OH is 1. The number of benzene rings is 1. The fourth-order valence-corrected chi connectivity index (χ4v) is 2.41. The predicted octanol–water partition coefficient (Wildman–Crippen LogP) is 3.82. The minimum atomic E-state index is -0.634. The summed E-state index contributed by atoms with van der Waals surface area (Å²) in [7, 11) is 0. The molecule has 1 aromatic carbocycles. The molecule has 0 aliphatic carbocycles. The third kappa shape index (κ3) is 2.43. The van der Waals surface area contributed by atoms with Gasteiger partial charge in [-0.15, -0.1) is 0 Å². The highest BCUT2D eigenvalue weighted by Gasteiger charge is 2.12. The van der Waals surface area contributed by atoms with Gasteiger partial charge in [0.25, 0.3) is 0 Å². The zero-order valence-corrected chi connectivity index (χ0v) is 9.93. The molecule has 1 N–H and O–H groups in total. The lowest BCUT2D eigenvalue weighted by atomic mass is 10.0. The first kappa shape index (κ1) is 11.6. The SMILES string of the molecule is OC(Cc1cccc(F)c1Cl)c1ccsc1. The van der Waals surface area contributed by atoms with Gasteiger partial charge in [0.15, 0.2) is 0 Å². The molecule has 1 aromatic heterocycles. The van der Waals surface area contributed by atoms with Crippen molar-refractivity contribution >= 4 is 22.9 Å². The van der Waals surface area contributed by atoms with Crippen LogP contribution in [0.3, 0.4) is 0 Å². The summed E-state index contributed by atoms with van der Waals surface area (Å²) in [6, 6.07) is 6.48. The molecule has 0 spiro atoms. The molecule has 1 atom stereocenters. The van der Waals surface area contributed by atoms with E-state index >= 15 is 0 Å². The number of rotatable bonds is 3. The number of aliphatic hydroxyl groups is 1. The number of hydrogen-bond acceptors (Lipinski definition) is 2. The molecule has 0 bridgehead atoms. The van der Waals surface area contributed by atoms with Gasteiger partial charge < -0.3 is 5.11 Å². The zero-order chi connectivity index (χ0) is 11.5. The van der Waals surface area contributed by atoms with Gasteiger partial charge >= 0.3 is 0 Å². The van der Waals surface area contributed by atoms with Gasteiger partial charge in [0, 0.05) is 6.42 Å². The van der Waals surface area contributed by atoms with Crippen molar-refractivity contribution in [1.29, 1.82) is 0 Å². The maximum Gasteiger partial charge on any atom is 0.142 e. The van der Waals surface area contributed by atoms with Crippen LogP contribution < -0.4 is 0 Å². The minimum Gasteiger partial charge on any atom is -0.388 e. The Bertz CT molecular complexity index is 470. The highest BCUT2D eigenvalue weighted by atomic mass is 35.5. The second-order valence-corrected chi connectivity index (χ2v) is 4.65. The van der Waals surface area contributed by atoms with Crippen LogP contribution in [0.25, 0.3) is 0 Å². The summed E-state index contributed by atoms with van der Waals surface area (Å²) in [5.74, 6) is -0.448. The summed E-state index contributed by atoms with van der Waals surface area (Å²) in [6.45, 7) is 0. The van der Waals surface area contributed by atoms with E-state index in [-0.39, 0.29) is 5.02 Å². The van der Waals surface area contributed by atoms with Crippen molar-refractivity contribution in [3.63, 3.8) is 0 Å². The van der Waals surface area contributed by atoms with E-state index in [4.69, 9.17) is 11.6 Å². The molecule has 0 aliphatic heterocycles. The van der Waals surface area contributed by atoms with E-state index in [1.807, 2.05) is 16.8 Å². The van der Waals surface area contributed by atoms with Crippen LogP contribution in [-0.4, -0.2) is 5.11 Å². The van der Waals surface area contributed by atoms with Gasteiger partial charge in [-0.25, -0.2) is 4.39 Å². The van der Waals surface area contributed by atoms with E-state index in [0.717, 1.165) is 5.56 Å². The van der Waals surface area contributed by atoms with Crippen molar-refractivity contribution in [2.45, 2.75) is 12.5 Å². The standard InChI is InChI=1S/C12H10ClFOS/c13-12-8(2-1-3-10(12)14)6-11(15)9-4-5-16-7-9/h1-5,7,11,15H,6H2. The first-order valence-corrected chi connectivity index (χ1v) is 6.13. The van der Waals surface area contributed by atoms with Crippen LogP contribution >= 0.6 is 22.9 Å². The van der Waals surface area contributed by atoms with E-state index in [1.165, 1.54) is 17.4 Å². The molecule has 0 saturated heterocycles. The van der Waals surface area contributed by atoms with Gasteiger partial charge in [-0.1, -0.05) is 23.7 Å². The maximum atomic E-state index is 13.2. The Labute approximate surface area is 102 Å². The summed E-state index contributed by atoms with van der Waals surface area (Å²) in [5.41, 5.74) is 1.46. The van der Waals surface area contributed by atoms with Crippen LogP contribution in [0.15, 0.2) is 35.0 Å². The topological polar surface area (TPSA) is 20.2 Å². The van der Waals surface area contributed by atoms with Crippen molar-refractivity contribution in [2.75, 3.05) is 0 Å². The number of thiophene rings is 1. The molecule has 0 aliphatic rings. The van der Waals surface area contributed by atoms with E-state index in [9.17, 15) is 9.50 Å². The molecular weight excluding hydrogens is 247 g/mol. The Hall–Kier alpha value is -0.900. The molecular formula is C12H10ClFOS. The lowest BCUT2D eigenvalue weighted by Crippen LogP contribution is -2.01. The second kappa shape index (κ2) is 4.95. The van der Waals surface area contributed by atoms with Gasteiger partial charge in [-0.3, -0.25) is 0 Å². The van der Waals surface area contributed by atoms with E-state index in [1.54, 1.807) is 12.1 Å². The molecule has 0 radical (unpaired) electrons. The predicted molar refractivity (Wildman–Crippen MR) is 64.4 cm³/mol. The molecule has 1 heterocycles. The largest absolute Gasteiger partial charge is 0.388 e. The average molecular weight is 257 g/mol. The van der Waals surface area contributed by atoms with Crippen molar-refractivity contribution in [1.82, 2.24) is 0 Å². The highest BCUT2D eigenvalue weighted by Crippen LogP contribution is 2.26. The van der Waals surface area contributed by atoms with Crippen LogP contribution in [0.2, 0.25) is 5.02 Å². The molecule has 4 heteroatoms.